The van der Waals surface area contributed by atoms with E-state index in [2.05, 4.69) is 15.9 Å². The van der Waals surface area contributed by atoms with Gasteiger partial charge in [-0.05, 0) is 52.8 Å². The number of nitrogens with one attached hydrogen (secondary N) is 1. The van der Waals surface area contributed by atoms with Crippen molar-refractivity contribution in [3.8, 4) is 6.07 Å². The van der Waals surface area contributed by atoms with Crippen LogP contribution in [0.5, 0.6) is 0 Å². The Morgan fingerprint density at radius 3 is 2.10 bits per heavy atom. The molecule has 0 saturated carbocycles. The third kappa shape index (κ3) is 5.37. The summed E-state index contributed by atoms with van der Waals surface area (Å²) in [7, 11) is -7.21. The van der Waals surface area contributed by atoms with Crippen molar-refractivity contribution in [2.45, 2.75) is 55.8 Å². The van der Waals surface area contributed by atoms with E-state index in [0.717, 1.165) is 32.0 Å². The molecule has 2 atom stereocenters. The van der Waals surface area contributed by atoms with Crippen molar-refractivity contribution in [3.05, 3.63) is 34.1 Å². The van der Waals surface area contributed by atoms with E-state index in [-0.39, 0.29) is 4.47 Å². The van der Waals surface area contributed by atoms with Crippen molar-refractivity contribution >= 4 is 36.8 Å². The maximum atomic E-state index is 14.6. The zero-order valence-corrected chi connectivity index (χ0v) is 19.5. The number of hydrogen-bond donors (Lipinski definition) is 1. The van der Waals surface area contributed by atoms with E-state index >= 15 is 0 Å². The van der Waals surface area contributed by atoms with Crippen LogP contribution in [0.2, 0.25) is 0 Å². The molecule has 0 heterocycles. The van der Waals surface area contributed by atoms with Gasteiger partial charge in [-0.1, -0.05) is 15.9 Å². The number of hydrogen-bond acceptors (Lipinski definition) is 4. The maximum absolute atomic E-state index is 14.6. The molecule has 0 aromatic heterocycles. The van der Waals surface area contributed by atoms with Crippen LogP contribution in [0.15, 0.2) is 22.7 Å². The molecule has 0 bridgehead atoms. The molecule has 0 saturated heterocycles. The molecule has 29 heavy (non-hydrogen) atoms. The van der Waals surface area contributed by atoms with Crippen molar-refractivity contribution in [1.29, 1.82) is 5.26 Å². The highest BCUT2D eigenvalue weighted by Gasteiger charge is 2.62. The number of halogens is 5. The van der Waals surface area contributed by atoms with Crippen LogP contribution in [0.4, 0.5) is 17.6 Å². The van der Waals surface area contributed by atoms with E-state index in [9.17, 15) is 30.2 Å². The molecule has 164 valence electrons. The van der Waals surface area contributed by atoms with E-state index in [1.165, 1.54) is 26.8 Å². The number of benzene rings is 1. The van der Waals surface area contributed by atoms with Gasteiger partial charge in [-0.25, -0.2) is 21.7 Å². The number of rotatable bonds is 6. The SMILES string of the molecule is CC(C)(C)[S@@](=O)N[C@@](CS(=O)(=O)C(C)(C)C#N)(c1cc(Br)ccc1F)C(F)(F)F. The Balaban J connectivity index is 3.94. The fourth-order valence-electron chi connectivity index (χ4n) is 2.13. The van der Waals surface area contributed by atoms with Gasteiger partial charge in [-0.2, -0.15) is 18.4 Å². The second-order valence-electron chi connectivity index (χ2n) is 7.89. The predicted octanol–water partition coefficient (Wildman–Crippen LogP) is 4.11. The highest BCUT2D eigenvalue weighted by atomic mass is 79.9. The average molecular weight is 521 g/mol. The fourth-order valence-corrected chi connectivity index (χ4v) is 4.96. The van der Waals surface area contributed by atoms with E-state index < -0.39 is 59.2 Å². The molecule has 0 unspecified atom stereocenters. The van der Waals surface area contributed by atoms with Crippen LogP contribution in [0.1, 0.15) is 40.2 Å². The van der Waals surface area contributed by atoms with Crippen LogP contribution in [0.25, 0.3) is 0 Å². The Bertz CT molecular complexity index is 951. The van der Waals surface area contributed by atoms with E-state index in [4.69, 9.17) is 5.26 Å². The second kappa shape index (κ2) is 8.24. The molecule has 12 heteroatoms. The molecular formula is C17H21BrF4N2O3S2. The first kappa shape index (κ1) is 26.0. The number of alkyl halides is 3. The van der Waals surface area contributed by atoms with Gasteiger partial charge in [0.15, 0.2) is 20.1 Å². The van der Waals surface area contributed by atoms with Gasteiger partial charge in [0.25, 0.3) is 0 Å². The first-order chi connectivity index (χ1) is 12.8. The molecule has 0 aliphatic heterocycles. The molecule has 1 N–H and O–H groups in total. The molecule has 0 fully saturated rings. The molecule has 0 amide bonds. The summed E-state index contributed by atoms with van der Waals surface area (Å²) in [5, 5.41) is 9.14. The summed E-state index contributed by atoms with van der Waals surface area (Å²) in [5.74, 6) is -3.06. The van der Waals surface area contributed by atoms with Crippen molar-refractivity contribution in [1.82, 2.24) is 4.72 Å². The van der Waals surface area contributed by atoms with Gasteiger partial charge < -0.3 is 0 Å². The van der Waals surface area contributed by atoms with Gasteiger partial charge >= 0.3 is 6.18 Å². The number of sulfone groups is 1. The zero-order chi connectivity index (χ0) is 23.1. The van der Waals surface area contributed by atoms with Crippen molar-refractivity contribution in [2.75, 3.05) is 5.75 Å². The Hall–Kier alpha value is -1.03. The zero-order valence-electron chi connectivity index (χ0n) is 16.3. The van der Waals surface area contributed by atoms with Crippen LogP contribution in [0.3, 0.4) is 0 Å². The molecule has 0 aliphatic rings. The van der Waals surface area contributed by atoms with Crippen LogP contribution < -0.4 is 4.72 Å². The first-order valence-corrected chi connectivity index (χ1v) is 11.8. The third-order valence-corrected chi connectivity index (χ3v) is 8.75. The highest BCUT2D eigenvalue weighted by Crippen LogP contribution is 2.44. The van der Waals surface area contributed by atoms with Crippen LogP contribution in [-0.2, 0) is 26.4 Å². The molecule has 0 aliphatic carbocycles. The summed E-state index contributed by atoms with van der Waals surface area (Å²) in [5.41, 5.74) is -4.61. The van der Waals surface area contributed by atoms with Gasteiger partial charge in [0.05, 0.1) is 27.6 Å². The highest BCUT2D eigenvalue weighted by molar-refractivity contribution is 9.10. The fraction of sp³-hybridized carbons (Fsp3) is 0.588. The third-order valence-electron chi connectivity index (χ3n) is 4.15. The molecule has 1 aromatic carbocycles. The standard InChI is InChI=1S/C17H21BrF4N2O3S2/c1-14(2,3)28(25)24-16(17(20,21)22,10-29(26,27)15(4,5)9-23)12-8-11(18)6-7-13(12)19/h6-8,24H,10H2,1-5H3/t16-,28+/m0/s1. The van der Waals surface area contributed by atoms with Gasteiger partial charge in [0.2, 0.25) is 0 Å². The Kier molecular flexibility index (Phi) is 7.39. The lowest BCUT2D eigenvalue weighted by atomic mass is 9.91. The average Bonchev–Trinajstić information content (AvgIpc) is 2.53. The van der Waals surface area contributed by atoms with Gasteiger partial charge in [0, 0.05) is 10.0 Å². The lowest BCUT2D eigenvalue weighted by molar-refractivity contribution is -0.188. The van der Waals surface area contributed by atoms with E-state index in [1.807, 2.05) is 4.72 Å². The van der Waals surface area contributed by atoms with Crippen LogP contribution in [0, 0.1) is 17.1 Å². The number of nitriles is 1. The van der Waals surface area contributed by atoms with Gasteiger partial charge in [-0.3, -0.25) is 0 Å². The lowest BCUT2D eigenvalue weighted by Crippen LogP contribution is -2.62. The molecule has 0 radical (unpaired) electrons. The summed E-state index contributed by atoms with van der Waals surface area (Å²) in [6.45, 7) is 6.02. The van der Waals surface area contributed by atoms with Gasteiger partial charge in [0.1, 0.15) is 5.82 Å². The summed E-state index contributed by atoms with van der Waals surface area (Å²) < 4.78 is 94.4. The second-order valence-corrected chi connectivity index (χ2v) is 13.3. The van der Waals surface area contributed by atoms with Gasteiger partial charge in [-0.15, -0.1) is 0 Å². The minimum absolute atomic E-state index is 0.0582. The molecule has 0 spiro atoms. The van der Waals surface area contributed by atoms with Crippen molar-refractivity contribution < 1.29 is 30.2 Å². The monoisotopic (exact) mass is 520 g/mol. The Morgan fingerprint density at radius 2 is 1.69 bits per heavy atom. The maximum Gasteiger partial charge on any atom is 0.412 e. The summed E-state index contributed by atoms with van der Waals surface area (Å²) in [6.07, 6.45) is -5.38. The smallest absolute Gasteiger partial charge is 0.242 e. The molecule has 5 nitrogen and oxygen atoms in total. The first-order valence-electron chi connectivity index (χ1n) is 8.16. The minimum Gasteiger partial charge on any atom is -0.242 e. The summed E-state index contributed by atoms with van der Waals surface area (Å²) in [6, 6.07) is 4.12. The number of nitrogens with zero attached hydrogens (tertiary/aromatic N) is 1. The Morgan fingerprint density at radius 1 is 1.17 bits per heavy atom. The predicted molar refractivity (Wildman–Crippen MR) is 106 cm³/mol. The molecular weight excluding hydrogens is 500 g/mol. The van der Waals surface area contributed by atoms with E-state index in [0.29, 0.717) is 0 Å². The quantitative estimate of drug-likeness (QED) is 0.571. The van der Waals surface area contributed by atoms with E-state index in [1.54, 1.807) is 0 Å². The Labute approximate surface area is 178 Å². The van der Waals surface area contributed by atoms with Crippen molar-refractivity contribution in [2.24, 2.45) is 0 Å². The summed E-state index contributed by atoms with van der Waals surface area (Å²) >= 11 is 2.95. The largest absolute Gasteiger partial charge is 0.412 e. The molecule has 1 aromatic rings. The van der Waals surface area contributed by atoms with Crippen molar-refractivity contribution in [3.63, 3.8) is 0 Å². The molecule has 1 rings (SSSR count). The normalized spacial score (nSPS) is 16.7. The topological polar surface area (TPSA) is 87.0 Å². The van der Waals surface area contributed by atoms with Crippen LogP contribution in [-0.4, -0.2) is 34.0 Å². The minimum atomic E-state index is -5.38. The summed E-state index contributed by atoms with van der Waals surface area (Å²) in [4.78, 5) is 0. The van der Waals surface area contributed by atoms with Crippen LogP contribution >= 0.6 is 15.9 Å². The lowest BCUT2D eigenvalue weighted by Gasteiger charge is -2.39.